The van der Waals surface area contributed by atoms with Crippen LogP contribution in [0, 0.1) is 60.5 Å². The molecule has 0 aliphatic carbocycles. The number of nitrogens with two attached hydrogens (primary N) is 1. The van der Waals surface area contributed by atoms with Gasteiger partial charge in [0.15, 0.2) is 23.1 Å². The third kappa shape index (κ3) is 29.0. The number of phenols is 1. The van der Waals surface area contributed by atoms with Crippen LogP contribution in [0.5, 0.6) is 5.75 Å². The molecule has 1 radical (unpaired) electrons. The van der Waals surface area contributed by atoms with Crippen molar-refractivity contribution >= 4 is 103 Å². The Kier molecular flexibility index (Phi) is 36.3. The third-order valence-corrected chi connectivity index (χ3v) is 20.3. The van der Waals surface area contributed by atoms with Crippen LogP contribution in [0.4, 0.5) is 0 Å². The van der Waals surface area contributed by atoms with E-state index in [1.807, 2.05) is 18.2 Å². The number of hydrogen-bond donors (Lipinski definition) is 13. The van der Waals surface area contributed by atoms with Crippen molar-refractivity contribution in [2.75, 3.05) is 96.6 Å². The second-order valence-corrected chi connectivity index (χ2v) is 28.2. The quantitative estimate of drug-likeness (QED) is 0.0278. The average Bonchev–Trinajstić information content (AvgIpc) is 1.75. The molecule has 2 aliphatic heterocycles. The summed E-state index contributed by atoms with van der Waals surface area (Å²) in [5.74, 6) is -17.5. The average molecular weight is 1610 g/mol. The number of benzene rings is 3. The number of aliphatic hydroxyl groups is 2. The summed E-state index contributed by atoms with van der Waals surface area (Å²) in [6.07, 6.45) is -3.56. The zero-order valence-corrected chi connectivity index (χ0v) is 59.8. The van der Waals surface area contributed by atoms with Gasteiger partial charge in [0.1, 0.15) is 5.75 Å². The van der Waals surface area contributed by atoms with Gasteiger partial charge in [0.25, 0.3) is 0 Å². The molecule has 6 rings (SSSR count). The number of aromatic amines is 1. The van der Waals surface area contributed by atoms with Crippen LogP contribution < -0.4 is 27.0 Å². The Labute approximate surface area is 622 Å². The minimum Gasteiger partial charge on any atom is -0.508 e. The molecule has 561 valence electrons. The molecule has 2 unspecified atom stereocenters. The normalized spacial score (nSPS) is 21.9. The zero-order chi connectivity index (χ0) is 73.0. The number of nitrogens with zero attached hydrogens (tertiary/aromatic N) is 4. The number of aliphatic hydroxyl groups excluding tert-OH is 2. The first-order valence-corrected chi connectivity index (χ1v) is 35.9. The van der Waals surface area contributed by atoms with Crippen LogP contribution >= 0.6 is 21.6 Å². The number of para-hydroxylation sites is 1. The maximum atomic E-state index is 15.4. The fourth-order valence-electron chi connectivity index (χ4n) is 12.0. The predicted octanol–water partition coefficient (Wildman–Crippen LogP) is 0.988. The van der Waals surface area contributed by atoms with Gasteiger partial charge in [-0.25, -0.2) is 0 Å². The van der Waals surface area contributed by atoms with Crippen LogP contribution in [0.1, 0.15) is 75.5 Å². The number of phenolic OH excluding ortho intramolecular Hbond substituents is 1. The van der Waals surface area contributed by atoms with Gasteiger partial charge in [-0.05, 0) is 93.8 Å². The Morgan fingerprint density at radius 3 is 1.70 bits per heavy atom. The van der Waals surface area contributed by atoms with Gasteiger partial charge in [-0.3, -0.25) is 77.1 Å². The molecule has 2 saturated heterocycles. The summed E-state index contributed by atoms with van der Waals surface area (Å²) in [4.78, 5) is 177. The fraction of sp³-hybridized carbons (Fsp3) is 0.536. The number of amides is 4. The molecule has 0 bridgehead atoms. The van der Waals surface area contributed by atoms with Crippen molar-refractivity contribution < 1.29 is 130 Å². The number of unbranched alkanes of at least 4 members (excludes halogenated alkanes) is 1. The van der Waals surface area contributed by atoms with Crippen molar-refractivity contribution in [3.8, 4) is 5.75 Å². The van der Waals surface area contributed by atoms with E-state index in [2.05, 4.69) is 26.3 Å². The number of nitrogens with one attached hydrogen (secondary N) is 5. The first-order valence-electron chi connectivity index (χ1n) is 33.4. The van der Waals surface area contributed by atoms with Gasteiger partial charge in [0.05, 0.1) is 80.3 Å². The number of H-pyrrole nitrogens is 1. The predicted molar refractivity (Wildman–Crippen MR) is 372 cm³/mol. The Balaban J connectivity index is 0.0000184. The van der Waals surface area contributed by atoms with E-state index in [4.69, 9.17) is 5.73 Å². The van der Waals surface area contributed by atoms with E-state index in [0.29, 0.717) is 29.5 Å². The molecule has 10 atom stereocenters. The minimum absolute atomic E-state index is 0. The van der Waals surface area contributed by atoms with Crippen LogP contribution in [0.2, 0.25) is 0 Å². The summed E-state index contributed by atoms with van der Waals surface area (Å²) in [5, 5.41) is 83.2. The molecule has 4 amide bonds. The molecule has 14 N–H and O–H groups in total. The van der Waals surface area contributed by atoms with Crippen molar-refractivity contribution in [2.24, 2.45) is 29.4 Å². The zero-order valence-electron chi connectivity index (χ0n) is 56.5. The summed E-state index contributed by atoms with van der Waals surface area (Å²) >= 11 is 0. The number of aromatic nitrogens is 1. The molecular formula is C69H94LuN10O19S2. The molecular weight excluding hydrogens is 1510 g/mol. The summed E-state index contributed by atoms with van der Waals surface area (Å²) in [6.45, 7) is 1.86. The molecule has 3 heterocycles. The molecule has 32 heteroatoms. The number of ketones is 4. The second kappa shape index (κ2) is 43.3. The Morgan fingerprint density at radius 2 is 1.15 bits per heavy atom. The van der Waals surface area contributed by atoms with Crippen molar-refractivity contribution in [3.05, 3.63) is 102 Å². The van der Waals surface area contributed by atoms with E-state index >= 15 is 19.2 Å². The van der Waals surface area contributed by atoms with Crippen LogP contribution in [0.15, 0.2) is 85.1 Å². The van der Waals surface area contributed by atoms with Crippen molar-refractivity contribution in [3.63, 3.8) is 0 Å². The number of carbonyl (C=O) groups is 12. The maximum absolute atomic E-state index is 15.4. The van der Waals surface area contributed by atoms with Crippen molar-refractivity contribution in [2.45, 2.75) is 114 Å². The number of Topliss-reactive ketones (excluding diaryl/α,β-unsaturated/α-hetero) is 4. The van der Waals surface area contributed by atoms with E-state index in [1.165, 1.54) is 38.1 Å². The first kappa shape index (κ1) is 84.7. The van der Waals surface area contributed by atoms with E-state index in [-0.39, 0.29) is 152 Å². The van der Waals surface area contributed by atoms with Crippen LogP contribution in [0.3, 0.4) is 0 Å². The topological polar surface area (TPSA) is 449 Å². The largest absolute Gasteiger partial charge is 0.508 e. The number of rotatable bonds is 28. The summed E-state index contributed by atoms with van der Waals surface area (Å²) in [6, 6.07) is 16.1. The van der Waals surface area contributed by atoms with Gasteiger partial charge < -0.3 is 67.7 Å². The van der Waals surface area contributed by atoms with Gasteiger partial charge in [-0.2, -0.15) is 0 Å². The van der Waals surface area contributed by atoms with Crippen LogP contribution in [0.25, 0.3) is 10.9 Å². The number of aromatic hydroxyl groups is 1. The Bertz CT molecular complexity index is 3410. The number of carboxylic acid groups (broad SMARTS) is 4. The van der Waals surface area contributed by atoms with Crippen molar-refractivity contribution in [1.29, 1.82) is 0 Å². The van der Waals surface area contributed by atoms with Gasteiger partial charge >= 0.3 is 23.9 Å². The molecule has 29 nitrogen and oxygen atoms in total. The SMILES string of the molecule is CC(O)[C@H](CC(=O)[C@@H]1CSSC[C@H](CC(=O)[C@@H](Cc2ccccc2)NC(=O)CN2CCN(CC(=O)O)CCN(CC(=O)O)CCN(CC(=O)O)CC2)C(=O)N[C@@H](Cc2ccc(O)cc2)C(=O)C[C@H](Cc2c[nH]c3ccccc23)C(=O)N[C@@H](CCCCN)C(=O)C[C@@H](C(C)O)C(=O)N1)C(=O)O.[177Lu]. The van der Waals surface area contributed by atoms with Gasteiger partial charge in [-0.15, -0.1) is 0 Å². The van der Waals surface area contributed by atoms with Crippen molar-refractivity contribution in [1.82, 2.24) is 45.9 Å². The standard InChI is InChI=1S/C69H94N10O19S2.Lu/c1-42(80)51-33-60(85)54(14-8-9-19-70)73-66(94)46(30-47-35-71-53-13-7-6-12-50(47)53)31-58(83)56(29-45-15-17-49(82)18-16-45)74-67(95)48(40-99-100-41-57(75-68(51)96)61(86)34-52(43(2)81)69(97)98)32-59(84)55(28-44-10-4-3-5-11-44)72-62(87)36-76-20-22-77(37-63(88)89)24-26-79(39-65(92)93)27-25-78(23-21-76)38-64(90)91;/h3-7,10-13,15-18,35,42-43,46,48,51-52,54-57,71,80-82H,8-9,14,19-34,36-41,70H2,1-2H3,(H,72,87)(H,73,94)(H,74,95)(H,75,96)(H,88,89)(H,90,91)(H,92,93)(H,97,98);/t42?,43?,46-,48-,51-,52-,54-,55+,56-,57-;/m0./s1/i;1+2. The van der Waals surface area contributed by atoms with E-state index < -0.39 is 169 Å². The smallest absolute Gasteiger partial charge is 0.317 e. The Hall–Kier alpha value is -6.91. The van der Waals surface area contributed by atoms with Crippen LogP contribution in [-0.4, -0.2) is 264 Å². The van der Waals surface area contributed by atoms with Gasteiger partial charge in [0, 0.05) is 149 Å². The monoisotopic (exact) mass is 1610 g/mol. The third-order valence-electron chi connectivity index (χ3n) is 17.8. The Morgan fingerprint density at radius 1 is 0.614 bits per heavy atom. The molecule has 101 heavy (non-hydrogen) atoms. The molecule has 3 aromatic carbocycles. The maximum Gasteiger partial charge on any atom is 0.317 e. The summed E-state index contributed by atoms with van der Waals surface area (Å²) in [7, 11) is 1.89. The van der Waals surface area contributed by atoms with Gasteiger partial charge in [0.2, 0.25) is 23.6 Å². The first-order chi connectivity index (χ1) is 47.7. The molecule has 0 saturated carbocycles. The summed E-state index contributed by atoms with van der Waals surface area (Å²) in [5.41, 5.74) is 8.27. The molecule has 4 aromatic rings. The van der Waals surface area contributed by atoms with Gasteiger partial charge in [-0.1, -0.05) is 82.3 Å². The number of hydrogen-bond acceptors (Lipinski definition) is 22. The summed E-state index contributed by atoms with van der Waals surface area (Å²) < 4.78 is 0. The van der Waals surface area contributed by atoms with E-state index in [0.717, 1.165) is 32.5 Å². The number of fused-ring (bicyclic) bond motifs is 1. The fourth-order valence-corrected chi connectivity index (χ4v) is 14.6. The minimum atomic E-state index is -1.63. The van der Waals surface area contributed by atoms with E-state index in [9.17, 15) is 74.1 Å². The van der Waals surface area contributed by atoms with Crippen LogP contribution in [-0.2, 0) is 76.8 Å². The molecule has 0 spiro atoms. The molecule has 1 aromatic heterocycles. The molecule has 2 aliphatic rings. The second-order valence-electron chi connectivity index (χ2n) is 25.7. The number of carbonyl (C=O) groups excluding carboxylic acids is 8. The van der Waals surface area contributed by atoms with E-state index in [1.54, 1.807) is 62.2 Å². The number of aliphatic carboxylic acids is 4. The number of carboxylic acids is 4. The molecule has 2 fully saturated rings.